The second kappa shape index (κ2) is 6.67. The van der Waals surface area contributed by atoms with Crippen molar-refractivity contribution in [2.75, 3.05) is 6.54 Å². The van der Waals surface area contributed by atoms with Gasteiger partial charge in [-0.2, -0.15) is 0 Å². The molecule has 0 bridgehead atoms. The Balaban J connectivity index is 1.79. The van der Waals surface area contributed by atoms with E-state index in [1.165, 1.54) is 38.2 Å². The molecule has 1 aromatic rings. The van der Waals surface area contributed by atoms with Gasteiger partial charge in [-0.1, -0.05) is 31.7 Å². The quantitative estimate of drug-likeness (QED) is 0.821. The number of halogens is 2. The van der Waals surface area contributed by atoms with Gasteiger partial charge in [0.15, 0.2) is 0 Å². The fraction of sp³-hybridized carbons (Fsp3) is 0.600. The van der Waals surface area contributed by atoms with Gasteiger partial charge in [-0.05, 0) is 59.4 Å². The molecule has 1 nitrogen and oxygen atoms in total. The predicted molar refractivity (Wildman–Crippen MR) is 77.1 cm³/mol. The molecule has 1 aromatic carbocycles. The van der Waals surface area contributed by atoms with E-state index in [2.05, 4.69) is 28.2 Å². The van der Waals surface area contributed by atoms with E-state index < -0.39 is 0 Å². The van der Waals surface area contributed by atoms with Crippen LogP contribution in [0.15, 0.2) is 22.7 Å². The average molecular weight is 314 g/mol. The number of hydrogen-bond donors (Lipinski definition) is 1. The Morgan fingerprint density at radius 1 is 1.39 bits per heavy atom. The third kappa shape index (κ3) is 3.79. The molecule has 0 saturated heterocycles. The molecule has 1 aliphatic rings. The van der Waals surface area contributed by atoms with Crippen LogP contribution in [-0.2, 0) is 0 Å². The molecular formula is C15H21BrFN. The van der Waals surface area contributed by atoms with Crippen LogP contribution in [0, 0.1) is 11.7 Å². The molecule has 0 aliphatic heterocycles. The number of benzene rings is 1. The molecular weight excluding hydrogens is 293 g/mol. The molecule has 1 unspecified atom stereocenters. The van der Waals surface area contributed by atoms with Gasteiger partial charge in [0.1, 0.15) is 5.82 Å². The van der Waals surface area contributed by atoms with Gasteiger partial charge < -0.3 is 5.32 Å². The summed E-state index contributed by atoms with van der Waals surface area (Å²) in [5.41, 5.74) is 1.13. The van der Waals surface area contributed by atoms with Crippen LogP contribution in [0.4, 0.5) is 4.39 Å². The Kier molecular flexibility index (Phi) is 5.19. The zero-order chi connectivity index (χ0) is 13.0. The zero-order valence-electron chi connectivity index (χ0n) is 10.9. The highest BCUT2D eigenvalue weighted by Gasteiger charge is 2.15. The van der Waals surface area contributed by atoms with E-state index in [4.69, 9.17) is 0 Å². The summed E-state index contributed by atoms with van der Waals surface area (Å²) in [6, 6.07) is 5.52. The maximum atomic E-state index is 13.2. The Morgan fingerprint density at radius 3 is 2.78 bits per heavy atom. The van der Waals surface area contributed by atoms with Crippen molar-refractivity contribution < 1.29 is 4.39 Å². The van der Waals surface area contributed by atoms with E-state index in [0.717, 1.165) is 18.0 Å². The molecule has 0 aromatic heterocycles. The third-order valence-corrected chi connectivity index (χ3v) is 4.53. The van der Waals surface area contributed by atoms with E-state index in [-0.39, 0.29) is 11.9 Å². The van der Waals surface area contributed by atoms with Crippen molar-refractivity contribution >= 4 is 15.9 Å². The minimum atomic E-state index is -0.197. The van der Waals surface area contributed by atoms with Crippen LogP contribution >= 0.6 is 15.9 Å². The molecule has 1 fully saturated rings. The van der Waals surface area contributed by atoms with Crippen molar-refractivity contribution in [2.24, 2.45) is 5.92 Å². The minimum Gasteiger partial charge on any atom is -0.310 e. The minimum absolute atomic E-state index is 0.197. The second-order valence-electron chi connectivity index (χ2n) is 5.29. The highest BCUT2D eigenvalue weighted by atomic mass is 79.9. The van der Waals surface area contributed by atoms with E-state index in [9.17, 15) is 4.39 Å². The van der Waals surface area contributed by atoms with Gasteiger partial charge in [0.25, 0.3) is 0 Å². The molecule has 2 rings (SSSR count). The Morgan fingerprint density at radius 2 is 2.11 bits per heavy atom. The summed E-state index contributed by atoms with van der Waals surface area (Å²) in [5.74, 6) is 0.724. The fourth-order valence-electron chi connectivity index (χ4n) is 2.70. The summed E-state index contributed by atoms with van der Waals surface area (Å²) >= 11 is 3.23. The van der Waals surface area contributed by atoms with Gasteiger partial charge in [0.2, 0.25) is 0 Å². The van der Waals surface area contributed by atoms with Crippen LogP contribution in [0.25, 0.3) is 0 Å². The summed E-state index contributed by atoms with van der Waals surface area (Å²) in [5, 5.41) is 3.53. The van der Waals surface area contributed by atoms with E-state index >= 15 is 0 Å². The van der Waals surface area contributed by atoms with E-state index in [1.807, 2.05) is 12.1 Å². The molecule has 18 heavy (non-hydrogen) atoms. The van der Waals surface area contributed by atoms with Crippen LogP contribution in [0.1, 0.15) is 50.6 Å². The second-order valence-corrected chi connectivity index (χ2v) is 6.14. The highest BCUT2D eigenvalue weighted by molar-refractivity contribution is 9.10. The van der Waals surface area contributed by atoms with E-state index in [1.54, 1.807) is 0 Å². The van der Waals surface area contributed by atoms with Gasteiger partial charge in [-0.25, -0.2) is 4.39 Å². The highest BCUT2D eigenvalue weighted by Crippen LogP contribution is 2.27. The fourth-order valence-corrected chi connectivity index (χ4v) is 3.10. The summed E-state index contributed by atoms with van der Waals surface area (Å²) in [6.45, 7) is 3.19. The molecule has 100 valence electrons. The van der Waals surface area contributed by atoms with Crippen LogP contribution in [0.3, 0.4) is 0 Å². The first-order chi connectivity index (χ1) is 8.66. The zero-order valence-corrected chi connectivity index (χ0v) is 12.5. The van der Waals surface area contributed by atoms with Crippen molar-refractivity contribution in [2.45, 2.75) is 45.1 Å². The summed E-state index contributed by atoms with van der Waals surface area (Å²) in [7, 11) is 0. The monoisotopic (exact) mass is 313 g/mol. The lowest BCUT2D eigenvalue weighted by molar-refractivity contribution is 0.454. The van der Waals surface area contributed by atoms with Crippen molar-refractivity contribution in [1.82, 2.24) is 5.32 Å². The van der Waals surface area contributed by atoms with E-state index in [0.29, 0.717) is 4.47 Å². The molecule has 1 saturated carbocycles. The molecule has 1 atom stereocenters. The Hall–Kier alpha value is -0.410. The standard InChI is InChI=1S/C15H21BrFN/c1-11(13-6-7-15(17)14(16)10-13)18-9-8-12-4-2-3-5-12/h6-7,10-12,18H,2-5,8-9H2,1H3. The molecule has 0 amide bonds. The molecule has 0 spiro atoms. The molecule has 0 heterocycles. The van der Waals surface area contributed by atoms with Crippen molar-refractivity contribution in [3.8, 4) is 0 Å². The van der Waals surface area contributed by atoms with Crippen LogP contribution in [-0.4, -0.2) is 6.54 Å². The largest absolute Gasteiger partial charge is 0.310 e. The normalized spacial score (nSPS) is 18.2. The third-order valence-electron chi connectivity index (χ3n) is 3.92. The average Bonchev–Trinajstić information content (AvgIpc) is 2.85. The van der Waals surface area contributed by atoms with Crippen molar-refractivity contribution in [3.63, 3.8) is 0 Å². The molecule has 1 aliphatic carbocycles. The summed E-state index contributed by atoms with van der Waals surface area (Å²) in [4.78, 5) is 0. The number of hydrogen-bond acceptors (Lipinski definition) is 1. The van der Waals surface area contributed by atoms with Gasteiger partial charge >= 0.3 is 0 Å². The van der Waals surface area contributed by atoms with Crippen LogP contribution < -0.4 is 5.32 Å². The smallest absolute Gasteiger partial charge is 0.137 e. The van der Waals surface area contributed by atoms with Gasteiger partial charge in [-0.15, -0.1) is 0 Å². The SMILES string of the molecule is CC(NCCC1CCCC1)c1ccc(F)c(Br)c1. The van der Waals surface area contributed by atoms with Gasteiger partial charge in [-0.3, -0.25) is 0 Å². The van der Waals surface area contributed by atoms with Crippen molar-refractivity contribution in [3.05, 3.63) is 34.1 Å². The predicted octanol–water partition coefficient (Wildman–Crippen LogP) is 4.82. The summed E-state index contributed by atoms with van der Waals surface area (Å²) < 4.78 is 13.7. The lowest BCUT2D eigenvalue weighted by Crippen LogP contribution is -2.21. The van der Waals surface area contributed by atoms with Gasteiger partial charge in [0, 0.05) is 6.04 Å². The number of rotatable bonds is 5. The first-order valence-electron chi connectivity index (χ1n) is 6.85. The van der Waals surface area contributed by atoms with Gasteiger partial charge in [0.05, 0.1) is 4.47 Å². The lowest BCUT2D eigenvalue weighted by Gasteiger charge is -2.16. The number of nitrogens with one attached hydrogen (secondary N) is 1. The molecule has 0 radical (unpaired) electrons. The molecule has 3 heteroatoms. The Labute approximate surface area is 117 Å². The lowest BCUT2D eigenvalue weighted by atomic mass is 10.0. The first kappa shape index (κ1) is 14.0. The van der Waals surface area contributed by atoms with Crippen LogP contribution in [0.5, 0.6) is 0 Å². The molecule has 1 N–H and O–H groups in total. The topological polar surface area (TPSA) is 12.0 Å². The van der Waals surface area contributed by atoms with Crippen molar-refractivity contribution in [1.29, 1.82) is 0 Å². The van der Waals surface area contributed by atoms with Crippen LogP contribution in [0.2, 0.25) is 0 Å². The Bertz CT molecular complexity index is 388. The summed E-state index contributed by atoms with van der Waals surface area (Å²) in [6.07, 6.45) is 6.89. The maximum Gasteiger partial charge on any atom is 0.137 e. The first-order valence-corrected chi connectivity index (χ1v) is 7.64. The maximum absolute atomic E-state index is 13.2.